The van der Waals surface area contributed by atoms with Gasteiger partial charge in [-0.2, -0.15) is 0 Å². The first-order valence-electron chi connectivity index (χ1n) is 26.9. The lowest BCUT2D eigenvalue weighted by Gasteiger charge is -2.58. The fourth-order valence-corrected chi connectivity index (χ4v) is 14.3. The van der Waals surface area contributed by atoms with Gasteiger partial charge in [0.1, 0.15) is 23.6 Å². The number of unbranched alkanes of at least 4 members (excludes halogenated alkanes) is 1. The maximum atomic E-state index is 15.9. The largest absolute Gasteiger partial charge is 0.464 e. The molecule has 18 heteroatoms. The van der Waals surface area contributed by atoms with Gasteiger partial charge in [0, 0.05) is 48.0 Å². The number of halogens is 1. The summed E-state index contributed by atoms with van der Waals surface area (Å²) in [5.74, 6) is -6.48. The van der Waals surface area contributed by atoms with E-state index in [1.54, 1.807) is 54.7 Å². The molecule has 0 radical (unpaired) electrons. The molecule has 6 rings (SSSR count). The molecule has 2 saturated carbocycles. The van der Waals surface area contributed by atoms with E-state index in [-0.39, 0.29) is 87.5 Å². The fraction of sp³-hybridized carbons (Fsp3) is 0.855. The van der Waals surface area contributed by atoms with Crippen molar-refractivity contribution in [3.63, 3.8) is 0 Å². The van der Waals surface area contributed by atoms with E-state index in [0.717, 1.165) is 0 Å². The molecule has 0 bridgehead atoms. The van der Waals surface area contributed by atoms with E-state index in [9.17, 15) is 49.8 Å². The summed E-state index contributed by atoms with van der Waals surface area (Å²) in [6, 6.07) is -0.974. The average Bonchev–Trinajstić information content (AvgIpc) is 3.52. The van der Waals surface area contributed by atoms with Crippen molar-refractivity contribution in [2.45, 2.75) is 218 Å². The van der Waals surface area contributed by atoms with E-state index in [1.165, 1.54) is 19.9 Å². The fourth-order valence-electron chi connectivity index (χ4n) is 14.3. The number of hydrogen-bond donors (Lipinski definition) is 6. The van der Waals surface area contributed by atoms with Crippen LogP contribution in [0, 0.1) is 46.3 Å². The lowest BCUT2D eigenvalue weighted by molar-refractivity contribution is -0.301. The Kier molecular flexibility index (Phi) is 18.4. The quantitative estimate of drug-likeness (QED) is 0.0945. The van der Waals surface area contributed by atoms with Crippen LogP contribution >= 0.6 is 0 Å². The smallest absolute Gasteiger partial charge is 0.338 e. The molecule has 2 saturated heterocycles. The van der Waals surface area contributed by atoms with E-state index >= 15 is 4.39 Å². The Morgan fingerprint density at radius 2 is 1.66 bits per heavy atom. The first kappa shape index (κ1) is 59.3. The van der Waals surface area contributed by atoms with Crippen molar-refractivity contribution in [1.82, 2.24) is 9.80 Å². The number of aliphatic hydroxyl groups excluding tert-OH is 3. The minimum absolute atomic E-state index is 0.0213. The van der Waals surface area contributed by atoms with Crippen molar-refractivity contribution < 1.29 is 77.9 Å². The number of hydrogen-bond acceptors (Lipinski definition) is 17. The van der Waals surface area contributed by atoms with Crippen LogP contribution in [-0.4, -0.2) is 176 Å². The molecule has 0 amide bonds. The summed E-state index contributed by atoms with van der Waals surface area (Å²) in [7, 11) is 5.48. The third-order valence-corrected chi connectivity index (χ3v) is 18.9. The van der Waals surface area contributed by atoms with Crippen LogP contribution in [0.1, 0.15) is 140 Å². The summed E-state index contributed by atoms with van der Waals surface area (Å²) < 4.78 is 46.8. The predicted molar refractivity (Wildman–Crippen MR) is 267 cm³/mol. The van der Waals surface area contributed by atoms with Gasteiger partial charge in [0.15, 0.2) is 23.8 Å². The highest BCUT2D eigenvalue weighted by Crippen LogP contribution is 2.68. The van der Waals surface area contributed by atoms with Crippen LogP contribution in [0.25, 0.3) is 0 Å². The molecule has 21 atom stereocenters. The summed E-state index contributed by atoms with van der Waals surface area (Å²) in [5, 5.41) is 71.2. The van der Waals surface area contributed by atoms with Crippen molar-refractivity contribution in [2.24, 2.45) is 46.3 Å². The monoisotopic (exact) mass is 1040 g/mol. The summed E-state index contributed by atoms with van der Waals surface area (Å²) in [6.45, 7) is 17.2. The maximum Gasteiger partial charge on any atom is 0.338 e. The molecule has 3 unspecified atom stereocenters. The molecule has 0 aromatic carbocycles. The van der Waals surface area contributed by atoms with Crippen LogP contribution in [0.4, 0.5) is 4.39 Å². The van der Waals surface area contributed by atoms with Crippen LogP contribution in [0.15, 0.2) is 23.6 Å². The molecule has 4 fully saturated rings. The Hall–Kier alpha value is -2.91. The number of ether oxygens (including phenoxy) is 5. The zero-order chi connectivity index (χ0) is 54.5. The number of esters is 3. The molecule has 0 spiro atoms. The first-order valence-corrected chi connectivity index (χ1v) is 26.9. The van der Waals surface area contributed by atoms with E-state index in [0.29, 0.717) is 31.4 Å². The van der Waals surface area contributed by atoms with Gasteiger partial charge >= 0.3 is 17.9 Å². The molecule has 2 heterocycles. The number of fused-ring (bicyclic) bond motifs is 5. The Morgan fingerprint density at radius 1 is 0.986 bits per heavy atom. The van der Waals surface area contributed by atoms with E-state index < -0.39 is 124 Å². The summed E-state index contributed by atoms with van der Waals surface area (Å²) in [6.07, 6.45) is -3.27. The van der Waals surface area contributed by atoms with Crippen LogP contribution in [0.2, 0.25) is 0 Å². The second kappa shape index (κ2) is 22.6. The third kappa shape index (κ3) is 11.3. The highest BCUT2D eigenvalue weighted by molar-refractivity contribution is 5.93. The van der Waals surface area contributed by atoms with E-state index in [2.05, 4.69) is 0 Å². The molecule has 4 aliphatic carbocycles. The first-order chi connectivity index (χ1) is 33.9. The van der Waals surface area contributed by atoms with Crippen LogP contribution in [-0.2, 0) is 42.9 Å². The number of aliphatic hydroxyl groups is 6. The topological polar surface area (TPSA) is 242 Å². The molecule has 17 nitrogen and oxygen atoms in total. The van der Waals surface area contributed by atoms with Crippen molar-refractivity contribution in [3.05, 3.63) is 23.6 Å². The maximum absolute atomic E-state index is 15.9. The Balaban J connectivity index is 1.12. The second-order valence-corrected chi connectivity index (χ2v) is 24.2. The van der Waals surface area contributed by atoms with Gasteiger partial charge in [-0.3, -0.25) is 14.4 Å². The lowest BCUT2D eigenvalue weighted by Crippen LogP contribution is -2.62. The molecule has 6 N–H and O–H groups in total. The number of allylic oxidation sites excluding steroid dienone is 4. The van der Waals surface area contributed by atoms with Crippen molar-refractivity contribution in [3.8, 4) is 0 Å². The number of nitrogens with zero attached hydrogens (tertiary/aromatic N) is 2. The highest BCUT2D eigenvalue weighted by Gasteiger charge is 2.72. The summed E-state index contributed by atoms with van der Waals surface area (Å²) in [5.41, 5.74) is -7.02. The van der Waals surface area contributed by atoms with Crippen LogP contribution in [0.3, 0.4) is 0 Å². The number of rotatable bonds is 11. The van der Waals surface area contributed by atoms with Gasteiger partial charge in [-0.1, -0.05) is 40.7 Å². The summed E-state index contributed by atoms with van der Waals surface area (Å²) in [4.78, 5) is 57.6. The van der Waals surface area contributed by atoms with Gasteiger partial charge in [0.2, 0.25) is 0 Å². The zero-order valence-electron chi connectivity index (χ0n) is 45.7. The third-order valence-electron chi connectivity index (χ3n) is 18.9. The highest BCUT2D eigenvalue weighted by atomic mass is 19.1. The molecule has 73 heavy (non-hydrogen) atoms. The number of carbonyl (C=O) groups is 4. The number of cyclic esters (lactones) is 1. The normalized spacial score (nSPS) is 46.2. The van der Waals surface area contributed by atoms with Gasteiger partial charge in [-0.15, -0.1) is 0 Å². The molecular weight excluding hydrogens is 948 g/mol. The SMILES string of the molecule is CC[C@H]1OC(=O)[C@H](C)[C@@H](O)[C@H](C)[C@@H](O[C@@H]2O[C@H](C)C[C@@H](N(C)C)[C@H]2OC(=O)CCCCOC(=O)[C@@]2(O)[C@H](C)CC3C4CC(F)=C5CC(=O)C=C[C@]5(C)C4[C@@H](O)C[C@@]32C)[C@](C)(O)CCCN(C)[C@H](C)[C@@H](O)[C@]1(C)O. The van der Waals surface area contributed by atoms with E-state index in [1.807, 2.05) is 37.7 Å². The van der Waals surface area contributed by atoms with Crippen molar-refractivity contribution >= 4 is 23.7 Å². The van der Waals surface area contributed by atoms with Gasteiger partial charge < -0.3 is 64.1 Å². The number of ketones is 1. The van der Waals surface area contributed by atoms with Crippen molar-refractivity contribution in [1.29, 1.82) is 0 Å². The van der Waals surface area contributed by atoms with E-state index in [4.69, 9.17) is 23.7 Å². The van der Waals surface area contributed by atoms with Gasteiger partial charge in [0.05, 0.1) is 48.6 Å². The minimum atomic E-state index is -1.97. The molecule has 0 aromatic rings. The molecular formula is C55H89FN2O15. The minimum Gasteiger partial charge on any atom is -0.464 e. The average molecular weight is 1040 g/mol. The Labute approximate surface area is 432 Å². The summed E-state index contributed by atoms with van der Waals surface area (Å²) >= 11 is 0. The molecule has 6 aliphatic rings. The van der Waals surface area contributed by atoms with Crippen LogP contribution in [0.5, 0.6) is 0 Å². The molecule has 416 valence electrons. The van der Waals surface area contributed by atoms with Crippen LogP contribution < -0.4 is 0 Å². The molecule has 0 aromatic heterocycles. The van der Waals surface area contributed by atoms with Gasteiger partial charge in [0.25, 0.3) is 0 Å². The Bertz CT molecular complexity index is 2070. The predicted octanol–water partition coefficient (Wildman–Crippen LogP) is 4.55. The standard InChI is InChI=1S/C55H89FN2O15/c1-14-41-54(10,67)46(63)33(6)58(13)22-17-20-53(9,66)47(31(4)44(62)32(5)48(64)71-41)73-49-45(39(57(11)12)25-30(3)70-49)72-42(61)18-15-16-23-69-50(65)55(68)29(2)24-36-35-27-38(56)37-26-34(59)19-21-51(37,7)43(35)40(60)28-52(36,55)8/h19,21,29-33,35-36,39-41,43-47,49,60,62-63,66-68H,14-18,20,22-28H2,1-13H3/t29-,30-,31+,32-,33-,35?,36?,39-,40+,41-,43?,44+,45-,46-,47-,49+,51+,52+,53-,54-,55+/m1/s1. The van der Waals surface area contributed by atoms with Gasteiger partial charge in [-0.05, 0) is 143 Å². The number of likely N-dealkylation sites (N-methyl/N-ethyl adjacent to an activating group) is 2. The Morgan fingerprint density at radius 3 is 2.30 bits per heavy atom. The molecule has 2 aliphatic heterocycles. The van der Waals surface area contributed by atoms with Gasteiger partial charge in [-0.25, -0.2) is 9.18 Å². The lowest BCUT2D eigenvalue weighted by atomic mass is 9.47. The second-order valence-electron chi connectivity index (χ2n) is 24.2. The zero-order valence-corrected chi connectivity index (χ0v) is 45.7. The number of carbonyl (C=O) groups excluding carboxylic acids is 4. The van der Waals surface area contributed by atoms with Crippen molar-refractivity contribution in [2.75, 3.05) is 34.3 Å².